The summed E-state index contributed by atoms with van der Waals surface area (Å²) in [6.45, 7) is 1.71. The number of alkyl halides is 3. The lowest BCUT2D eigenvalue weighted by molar-refractivity contribution is -0.182. The summed E-state index contributed by atoms with van der Waals surface area (Å²) in [4.78, 5) is 8.30. The van der Waals surface area contributed by atoms with E-state index in [-0.39, 0.29) is 18.9 Å². The molecule has 1 N–H and O–H groups in total. The lowest BCUT2D eigenvalue weighted by Crippen LogP contribution is -2.34. The van der Waals surface area contributed by atoms with Crippen LogP contribution in [0.2, 0.25) is 0 Å². The van der Waals surface area contributed by atoms with Crippen molar-refractivity contribution >= 4 is 5.82 Å². The van der Waals surface area contributed by atoms with Crippen LogP contribution in [0.5, 0.6) is 0 Å². The van der Waals surface area contributed by atoms with E-state index in [4.69, 9.17) is 4.52 Å². The number of aromatic nitrogens is 3. The Bertz CT molecular complexity index is 671. The van der Waals surface area contributed by atoms with Crippen molar-refractivity contribution < 1.29 is 17.7 Å². The van der Waals surface area contributed by atoms with Gasteiger partial charge >= 0.3 is 6.18 Å². The standard InChI is InChI=1S/C15H17F3N4O/c1-9-20-14(23-22-9)10-5-6-19-13(7-10)21-12-4-2-3-11(8-12)15(16,17)18/h5-7,11-12H,2-4,8H2,1H3,(H,19,21). The number of halogens is 3. The summed E-state index contributed by atoms with van der Waals surface area (Å²) in [7, 11) is 0. The molecule has 2 unspecified atom stereocenters. The van der Waals surface area contributed by atoms with Gasteiger partial charge in [0.2, 0.25) is 0 Å². The molecule has 8 heteroatoms. The van der Waals surface area contributed by atoms with Crippen molar-refractivity contribution in [2.24, 2.45) is 5.92 Å². The summed E-state index contributed by atoms with van der Waals surface area (Å²) < 4.78 is 43.7. The maximum atomic E-state index is 12.9. The maximum absolute atomic E-state index is 12.9. The molecule has 5 nitrogen and oxygen atoms in total. The maximum Gasteiger partial charge on any atom is 0.391 e. The first kappa shape index (κ1) is 15.8. The Labute approximate surface area is 131 Å². The Balaban J connectivity index is 1.71. The van der Waals surface area contributed by atoms with Gasteiger partial charge in [0.25, 0.3) is 5.89 Å². The van der Waals surface area contributed by atoms with Gasteiger partial charge in [-0.15, -0.1) is 0 Å². The minimum atomic E-state index is -4.13. The number of hydrogen-bond acceptors (Lipinski definition) is 5. The minimum Gasteiger partial charge on any atom is -0.367 e. The Hall–Kier alpha value is -2.12. The van der Waals surface area contributed by atoms with Crippen LogP contribution in [0.15, 0.2) is 22.9 Å². The zero-order valence-electron chi connectivity index (χ0n) is 12.6. The minimum absolute atomic E-state index is 0.0784. The van der Waals surface area contributed by atoms with E-state index in [1.54, 1.807) is 25.3 Å². The molecule has 2 aromatic rings. The first-order valence-electron chi connectivity index (χ1n) is 7.52. The smallest absolute Gasteiger partial charge is 0.367 e. The largest absolute Gasteiger partial charge is 0.391 e. The number of rotatable bonds is 3. The average molecular weight is 326 g/mol. The first-order valence-corrected chi connectivity index (χ1v) is 7.52. The van der Waals surface area contributed by atoms with E-state index < -0.39 is 12.1 Å². The predicted molar refractivity (Wildman–Crippen MR) is 77.7 cm³/mol. The molecule has 0 amide bonds. The van der Waals surface area contributed by atoms with Gasteiger partial charge in [-0.05, 0) is 38.3 Å². The molecule has 0 saturated heterocycles. The van der Waals surface area contributed by atoms with Gasteiger partial charge in [0.15, 0.2) is 5.82 Å². The number of aryl methyl sites for hydroxylation is 1. The molecule has 0 aliphatic heterocycles. The second kappa shape index (κ2) is 6.17. The van der Waals surface area contributed by atoms with Crippen LogP contribution < -0.4 is 5.32 Å². The fourth-order valence-corrected chi connectivity index (χ4v) is 2.88. The molecule has 1 fully saturated rings. The molecule has 0 bridgehead atoms. The third kappa shape index (κ3) is 3.80. The molecule has 0 aromatic carbocycles. The third-order valence-corrected chi connectivity index (χ3v) is 4.02. The van der Waals surface area contributed by atoms with E-state index in [9.17, 15) is 13.2 Å². The Kier molecular flexibility index (Phi) is 4.23. The average Bonchev–Trinajstić information content (AvgIpc) is 2.94. The van der Waals surface area contributed by atoms with Crippen molar-refractivity contribution in [3.8, 4) is 11.5 Å². The van der Waals surface area contributed by atoms with Crippen LogP contribution in [0.25, 0.3) is 11.5 Å². The van der Waals surface area contributed by atoms with Crippen molar-refractivity contribution in [2.75, 3.05) is 5.32 Å². The number of pyridine rings is 1. The SMILES string of the molecule is Cc1noc(-c2ccnc(NC3CCCC(C(F)(F)F)C3)c2)n1. The van der Waals surface area contributed by atoms with Crippen molar-refractivity contribution in [1.82, 2.24) is 15.1 Å². The fourth-order valence-electron chi connectivity index (χ4n) is 2.88. The second-order valence-electron chi connectivity index (χ2n) is 5.82. The van der Waals surface area contributed by atoms with E-state index in [1.807, 2.05) is 0 Å². The molecule has 0 spiro atoms. The Morgan fingerprint density at radius 2 is 2.13 bits per heavy atom. The molecule has 0 radical (unpaired) electrons. The third-order valence-electron chi connectivity index (χ3n) is 4.02. The van der Waals surface area contributed by atoms with Crippen molar-refractivity contribution in [1.29, 1.82) is 0 Å². The van der Waals surface area contributed by atoms with Crippen LogP contribution >= 0.6 is 0 Å². The molecular weight excluding hydrogens is 309 g/mol. The number of nitrogens with zero attached hydrogens (tertiary/aromatic N) is 3. The molecular formula is C15H17F3N4O. The van der Waals surface area contributed by atoms with Gasteiger partial charge in [-0.25, -0.2) is 4.98 Å². The van der Waals surface area contributed by atoms with Crippen LogP contribution in [0.4, 0.5) is 19.0 Å². The van der Waals surface area contributed by atoms with E-state index in [2.05, 4.69) is 20.4 Å². The highest BCUT2D eigenvalue weighted by Crippen LogP contribution is 2.38. The highest BCUT2D eigenvalue weighted by molar-refractivity contribution is 5.58. The van der Waals surface area contributed by atoms with Gasteiger partial charge in [-0.1, -0.05) is 11.6 Å². The van der Waals surface area contributed by atoms with Gasteiger partial charge in [0.05, 0.1) is 5.92 Å². The predicted octanol–water partition coefficient (Wildman–Crippen LogP) is 3.97. The summed E-state index contributed by atoms with van der Waals surface area (Å²) in [6, 6.07) is 3.20. The van der Waals surface area contributed by atoms with E-state index in [0.717, 1.165) is 0 Å². The van der Waals surface area contributed by atoms with Gasteiger partial charge < -0.3 is 9.84 Å². The van der Waals surface area contributed by atoms with Crippen LogP contribution in [0.3, 0.4) is 0 Å². The molecule has 2 atom stereocenters. The normalized spacial score (nSPS) is 22.1. The summed E-state index contributed by atoms with van der Waals surface area (Å²) in [5.41, 5.74) is 0.686. The van der Waals surface area contributed by atoms with E-state index >= 15 is 0 Å². The van der Waals surface area contributed by atoms with Crippen molar-refractivity contribution in [3.63, 3.8) is 0 Å². The Morgan fingerprint density at radius 3 is 2.83 bits per heavy atom. The Morgan fingerprint density at radius 1 is 1.30 bits per heavy atom. The van der Waals surface area contributed by atoms with E-state index in [0.29, 0.717) is 35.9 Å². The molecule has 124 valence electrons. The highest BCUT2D eigenvalue weighted by Gasteiger charge is 2.42. The van der Waals surface area contributed by atoms with Crippen LogP contribution in [-0.2, 0) is 0 Å². The summed E-state index contributed by atoms with van der Waals surface area (Å²) in [6.07, 6.45) is -1.01. The second-order valence-corrected chi connectivity index (χ2v) is 5.82. The molecule has 3 rings (SSSR count). The van der Waals surface area contributed by atoms with Crippen molar-refractivity contribution in [2.45, 2.75) is 44.8 Å². The van der Waals surface area contributed by atoms with Crippen LogP contribution in [0.1, 0.15) is 31.5 Å². The monoisotopic (exact) mass is 326 g/mol. The van der Waals surface area contributed by atoms with Gasteiger partial charge in [0.1, 0.15) is 5.82 Å². The highest BCUT2D eigenvalue weighted by atomic mass is 19.4. The quantitative estimate of drug-likeness (QED) is 0.924. The number of hydrogen-bond donors (Lipinski definition) is 1. The van der Waals surface area contributed by atoms with Gasteiger partial charge in [0, 0.05) is 17.8 Å². The molecule has 1 aliphatic carbocycles. The van der Waals surface area contributed by atoms with Gasteiger partial charge in [-0.3, -0.25) is 0 Å². The topological polar surface area (TPSA) is 63.8 Å². The molecule has 2 aromatic heterocycles. The molecule has 23 heavy (non-hydrogen) atoms. The van der Waals surface area contributed by atoms with Crippen molar-refractivity contribution in [3.05, 3.63) is 24.2 Å². The molecule has 1 aliphatic rings. The summed E-state index contributed by atoms with van der Waals surface area (Å²) in [5, 5.41) is 6.82. The van der Waals surface area contributed by atoms with Gasteiger partial charge in [-0.2, -0.15) is 18.2 Å². The fraction of sp³-hybridized carbons (Fsp3) is 0.533. The van der Waals surface area contributed by atoms with Crippen LogP contribution in [-0.4, -0.2) is 27.3 Å². The summed E-state index contributed by atoms with van der Waals surface area (Å²) in [5.74, 6) is 0.165. The zero-order chi connectivity index (χ0) is 16.4. The lowest BCUT2D eigenvalue weighted by Gasteiger charge is -2.31. The summed E-state index contributed by atoms with van der Waals surface area (Å²) >= 11 is 0. The molecule has 2 heterocycles. The number of nitrogens with one attached hydrogen (secondary N) is 1. The zero-order valence-corrected chi connectivity index (χ0v) is 12.6. The van der Waals surface area contributed by atoms with E-state index in [1.165, 1.54) is 0 Å². The first-order chi connectivity index (χ1) is 10.9. The number of anilines is 1. The lowest BCUT2D eigenvalue weighted by atomic mass is 9.85. The molecule has 1 saturated carbocycles. The van der Waals surface area contributed by atoms with Crippen LogP contribution in [0, 0.1) is 12.8 Å².